The molecule has 1 aromatic rings. The molecule has 0 saturated carbocycles. The Morgan fingerprint density at radius 3 is 2.39 bits per heavy atom. The average Bonchev–Trinajstić information content (AvgIpc) is 2.28. The van der Waals surface area contributed by atoms with Gasteiger partial charge in [-0.2, -0.15) is 4.31 Å². The van der Waals surface area contributed by atoms with Crippen LogP contribution in [0.5, 0.6) is 0 Å². The number of hydrogen-bond acceptors (Lipinski definition) is 3. The Morgan fingerprint density at radius 1 is 1.33 bits per heavy atom. The summed E-state index contributed by atoms with van der Waals surface area (Å²) in [5.74, 6) is 0. The topological polar surface area (TPSA) is 57.6 Å². The van der Waals surface area contributed by atoms with E-state index >= 15 is 0 Å². The summed E-state index contributed by atoms with van der Waals surface area (Å²) in [7, 11) is -3.49. The summed E-state index contributed by atoms with van der Waals surface area (Å²) in [5, 5.41) is 9.21. The van der Waals surface area contributed by atoms with Gasteiger partial charge in [-0.3, -0.25) is 0 Å². The third kappa shape index (κ3) is 2.74. The molecule has 4 nitrogen and oxygen atoms in total. The Hall–Kier alpha value is -0.910. The lowest BCUT2D eigenvalue weighted by molar-refractivity contribution is 0.280. The monoisotopic (exact) mass is 271 g/mol. The summed E-state index contributed by atoms with van der Waals surface area (Å²) >= 11 is 0. The number of rotatable bonds is 5. The molecule has 0 fully saturated rings. The van der Waals surface area contributed by atoms with Gasteiger partial charge in [0.15, 0.2) is 0 Å². The van der Waals surface area contributed by atoms with Crippen LogP contribution in [0.4, 0.5) is 0 Å². The Balaban J connectivity index is 3.37. The second-order valence-corrected chi connectivity index (χ2v) is 6.36. The second-order valence-electron chi connectivity index (χ2n) is 4.50. The van der Waals surface area contributed by atoms with Gasteiger partial charge in [-0.1, -0.05) is 19.1 Å². The minimum Gasteiger partial charge on any atom is -0.392 e. The zero-order valence-corrected chi connectivity index (χ0v) is 12.2. The standard InChI is InChI=1S/C13H21NO3S/c1-5-14(10(2)3)18(16,17)13-8-6-7-12(9-15)11(13)4/h6-8,10,15H,5,9H2,1-4H3. The van der Waals surface area contributed by atoms with Crippen LogP contribution in [-0.4, -0.2) is 30.4 Å². The quantitative estimate of drug-likeness (QED) is 0.890. The van der Waals surface area contributed by atoms with Crippen molar-refractivity contribution in [3.63, 3.8) is 0 Å². The van der Waals surface area contributed by atoms with Gasteiger partial charge in [0.2, 0.25) is 10.0 Å². The summed E-state index contributed by atoms with van der Waals surface area (Å²) in [4.78, 5) is 0.282. The lowest BCUT2D eigenvalue weighted by Crippen LogP contribution is -2.37. The van der Waals surface area contributed by atoms with Gasteiger partial charge in [0, 0.05) is 12.6 Å². The van der Waals surface area contributed by atoms with Crippen LogP contribution in [0.25, 0.3) is 0 Å². The summed E-state index contributed by atoms with van der Waals surface area (Å²) in [5.41, 5.74) is 1.27. The number of hydrogen-bond donors (Lipinski definition) is 1. The minimum atomic E-state index is -3.49. The van der Waals surface area contributed by atoms with Crippen LogP contribution >= 0.6 is 0 Å². The van der Waals surface area contributed by atoms with Crippen molar-refractivity contribution < 1.29 is 13.5 Å². The van der Waals surface area contributed by atoms with E-state index in [-0.39, 0.29) is 17.5 Å². The highest BCUT2D eigenvalue weighted by atomic mass is 32.2. The van der Waals surface area contributed by atoms with Crippen molar-refractivity contribution >= 4 is 10.0 Å². The molecule has 0 aromatic heterocycles. The maximum atomic E-state index is 12.5. The number of nitrogens with zero attached hydrogens (tertiary/aromatic N) is 1. The normalized spacial score (nSPS) is 12.4. The van der Waals surface area contributed by atoms with Crippen LogP contribution < -0.4 is 0 Å². The molecule has 0 bridgehead atoms. The van der Waals surface area contributed by atoms with E-state index in [1.807, 2.05) is 20.8 Å². The predicted molar refractivity (Wildman–Crippen MR) is 71.8 cm³/mol. The van der Waals surface area contributed by atoms with Crippen LogP contribution in [0, 0.1) is 6.92 Å². The summed E-state index contributed by atoms with van der Waals surface area (Å²) < 4.78 is 26.5. The highest BCUT2D eigenvalue weighted by Crippen LogP contribution is 2.23. The molecule has 1 aromatic carbocycles. The maximum absolute atomic E-state index is 12.5. The summed E-state index contributed by atoms with van der Waals surface area (Å²) in [6.07, 6.45) is 0. The number of aliphatic hydroxyl groups excluding tert-OH is 1. The first-order valence-electron chi connectivity index (χ1n) is 6.07. The van der Waals surface area contributed by atoms with Gasteiger partial charge in [0.1, 0.15) is 0 Å². The second kappa shape index (κ2) is 5.82. The van der Waals surface area contributed by atoms with Gasteiger partial charge in [0.25, 0.3) is 0 Å². The van der Waals surface area contributed by atoms with E-state index in [1.165, 1.54) is 4.31 Å². The van der Waals surface area contributed by atoms with Crippen molar-refractivity contribution in [2.75, 3.05) is 6.54 Å². The smallest absolute Gasteiger partial charge is 0.243 e. The summed E-state index contributed by atoms with van der Waals surface area (Å²) in [6.45, 7) is 7.54. The Morgan fingerprint density at radius 2 is 1.94 bits per heavy atom. The maximum Gasteiger partial charge on any atom is 0.243 e. The van der Waals surface area contributed by atoms with Crippen molar-refractivity contribution in [3.8, 4) is 0 Å². The Bertz CT molecular complexity index is 509. The van der Waals surface area contributed by atoms with Crippen molar-refractivity contribution in [3.05, 3.63) is 29.3 Å². The molecule has 0 unspecified atom stereocenters. The molecule has 0 spiro atoms. The van der Waals surface area contributed by atoms with E-state index in [2.05, 4.69) is 0 Å². The lowest BCUT2D eigenvalue weighted by atomic mass is 10.1. The fraction of sp³-hybridized carbons (Fsp3) is 0.538. The zero-order chi connectivity index (χ0) is 13.9. The first-order valence-corrected chi connectivity index (χ1v) is 7.51. The number of benzene rings is 1. The molecule has 0 aliphatic rings. The molecule has 102 valence electrons. The van der Waals surface area contributed by atoms with Crippen LogP contribution in [0.15, 0.2) is 23.1 Å². The van der Waals surface area contributed by atoms with E-state index in [0.29, 0.717) is 17.7 Å². The van der Waals surface area contributed by atoms with E-state index in [1.54, 1.807) is 25.1 Å². The highest BCUT2D eigenvalue weighted by Gasteiger charge is 2.27. The van der Waals surface area contributed by atoms with Gasteiger partial charge in [0.05, 0.1) is 11.5 Å². The SMILES string of the molecule is CCN(C(C)C)S(=O)(=O)c1cccc(CO)c1C. The largest absolute Gasteiger partial charge is 0.392 e. The third-order valence-electron chi connectivity index (χ3n) is 3.04. The molecule has 0 saturated heterocycles. The molecule has 0 aliphatic carbocycles. The van der Waals surface area contributed by atoms with Crippen molar-refractivity contribution in [1.29, 1.82) is 0 Å². The molecule has 0 atom stereocenters. The molecule has 1 rings (SSSR count). The molecule has 18 heavy (non-hydrogen) atoms. The molecule has 1 N–H and O–H groups in total. The molecule has 0 heterocycles. The van der Waals surface area contributed by atoms with Gasteiger partial charge in [-0.25, -0.2) is 8.42 Å². The molecule has 0 amide bonds. The van der Waals surface area contributed by atoms with Crippen LogP contribution in [-0.2, 0) is 16.6 Å². The first kappa shape index (κ1) is 15.1. The third-order valence-corrected chi connectivity index (χ3v) is 5.34. The van der Waals surface area contributed by atoms with E-state index < -0.39 is 10.0 Å². The molecule has 5 heteroatoms. The van der Waals surface area contributed by atoms with E-state index in [0.717, 1.165) is 0 Å². The van der Waals surface area contributed by atoms with Gasteiger partial charge >= 0.3 is 0 Å². The number of aliphatic hydroxyl groups is 1. The van der Waals surface area contributed by atoms with E-state index in [4.69, 9.17) is 0 Å². The fourth-order valence-electron chi connectivity index (χ4n) is 2.05. The fourth-order valence-corrected chi connectivity index (χ4v) is 3.97. The molecular formula is C13H21NO3S. The number of sulfonamides is 1. The molecule has 0 aliphatic heterocycles. The van der Waals surface area contributed by atoms with Crippen molar-refractivity contribution in [2.24, 2.45) is 0 Å². The van der Waals surface area contributed by atoms with Crippen LogP contribution in [0.1, 0.15) is 31.9 Å². The van der Waals surface area contributed by atoms with Gasteiger partial charge in [-0.15, -0.1) is 0 Å². The van der Waals surface area contributed by atoms with E-state index in [9.17, 15) is 13.5 Å². The molecule has 0 radical (unpaired) electrons. The van der Waals surface area contributed by atoms with Crippen LogP contribution in [0.2, 0.25) is 0 Å². The Kier molecular flexibility index (Phi) is 4.90. The Labute approximate surface area is 109 Å². The van der Waals surface area contributed by atoms with Crippen molar-refractivity contribution in [1.82, 2.24) is 4.31 Å². The van der Waals surface area contributed by atoms with Crippen LogP contribution in [0.3, 0.4) is 0 Å². The summed E-state index contributed by atoms with van der Waals surface area (Å²) in [6, 6.07) is 4.91. The van der Waals surface area contributed by atoms with Crippen molar-refractivity contribution in [2.45, 2.75) is 45.2 Å². The predicted octanol–water partition coefficient (Wildman–Crippen LogP) is 1.91. The minimum absolute atomic E-state index is 0.0859. The molecular weight excluding hydrogens is 250 g/mol. The lowest BCUT2D eigenvalue weighted by Gasteiger charge is -2.25. The van der Waals surface area contributed by atoms with Gasteiger partial charge in [-0.05, 0) is 38.0 Å². The van der Waals surface area contributed by atoms with Gasteiger partial charge < -0.3 is 5.11 Å². The zero-order valence-electron chi connectivity index (χ0n) is 11.3. The highest BCUT2D eigenvalue weighted by molar-refractivity contribution is 7.89. The average molecular weight is 271 g/mol. The first-order chi connectivity index (χ1) is 8.36.